The third kappa shape index (κ3) is 3.21. The van der Waals surface area contributed by atoms with Crippen LogP contribution in [0.5, 0.6) is 0 Å². The quantitative estimate of drug-likeness (QED) is 0.808. The number of hydrogen-bond donors (Lipinski definition) is 0. The minimum atomic E-state index is -2.88. The van der Waals surface area contributed by atoms with Gasteiger partial charge >= 0.3 is 5.97 Å². The number of nitrogens with zero attached hydrogens (tertiary/aromatic N) is 2. The summed E-state index contributed by atoms with van der Waals surface area (Å²) in [7, 11) is 0. The van der Waals surface area contributed by atoms with Gasteiger partial charge in [0.1, 0.15) is 11.3 Å². The van der Waals surface area contributed by atoms with Gasteiger partial charge in [-0.1, -0.05) is 24.3 Å². The lowest BCUT2D eigenvalue weighted by Gasteiger charge is -2.10. The third-order valence-electron chi connectivity index (χ3n) is 2.91. The van der Waals surface area contributed by atoms with E-state index in [1.165, 1.54) is 0 Å². The zero-order chi connectivity index (χ0) is 15.4. The van der Waals surface area contributed by atoms with Gasteiger partial charge in [-0.05, 0) is 19.4 Å². The summed E-state index contributed by atoms with van der Waals surface area (Å²) in [6, 6.07) is 7.18. The van der Waals surface area contributed by atoms with Crippen molar-refractivity contribution in [3.05, 3.63) is 47.3 Å². The third-order valence-corrected chi connectivity index (χ3v) is 2.91. The Balaban J connectivity index is 2.51. The van der Waals surface area contributed by atoms with Crippen LogP contribution in [0.3, 0.4) is 0 Å². The van der Waals surface area contributed by atoms with Crippen molar-refractivity contribution in [1.82, 2.24) is 9.97 Å². The average molecular weight is 292 g/mol. The van der Waals surface area contributed by atoms with Crippen LogP contribution in [0.2, 0.25) is 0 Å². The predicted octanol–water partition coefficient (Wildman–Crippen LogP) is 3.57. The summed E-state index contributed by atoms with van der Waals surface area (Å²) in [5.74, 6) is -0.680. The number of carbonyl (C=O) groups excluding carboxylic acids is 1. The van der Waals surface area contributed by atoms with Gasteiger partial charge in [-0.3, -0.25) is 0 Å². The molecule has 2 rings (SSSR count). The predicted molar refractivity (Wildman–Crippen MR) is 73.1 cm³/mol. The number of halogens is 2. The van der Waals surface area contributed by atoms with Crippen molar-refractivity contribution in [2.75, 3.05) is 6.61 Å². The number of aromatic nitrogens is 2. The Morgan fingerprint density at radius 1 is 1.33 bits per heavy atom. The number of hydrogen-bond acceptors (Lipinski definition) is 4. The largest absolute Gasteiger partial charge is 0.462 e. The van der Waals surface area contributed by atoms with Gasteiger partial charge in [-0.25, -0.2) is 23.5 Å². The van der Waals surface area contributed by atoms with Crippen LogP contribution in [0.1, 0.15) is 35.0 Å². The Morgan fingerprint density at radius 2 is 2.05 bits per heavy atom. The van der Waals surface area contributed by atoms with E-state index < -0.39 is 18.1 Å². The molecule has 0 radical (unpaired) electrons. The molecular formula is C15H14F2N2O2. The molecular weight excluding hydrogens is 278 g/mol. The summed E-state index contributed by atoms with van der Waals surface area (Å²) in [4.78, 5) is 19.5. The Labute approximate surface area is 120 Å². The molecule has 0 saturated heterocycles. The Bertz CT molecular complexity index is 660. The molecule has 1 aromatic heterocycles. The first kappa shape index (κ1) is 15.0. The topological polar surface area (TPSA) is 52.1 Å². The number of esters is 1. The van der Waals surface area contributed by atoms with Crippen LogP contribution < -0.4 is 0 Å². The minimum absolute atomic E-state index is 0.0983. The maximum absolute atomic E-state index is 13.1. The summed E-state index contributed by atoms with van der Waals surface area (Å²) in [6.07, 6.45) is -1.79. The molecule has 0 bridgehead atoms. The second-order valence-corrected chi connectivity index (χ2v) is 4.33. The fourth-order valence-corrected chi connectivity index (χ4v) is 1.88. The lowest BCUT2D eigenvalue weighted by atomic mass is 10.1. The lowest BCUT2D eigenvalue weighted by molar-refractivity contribution is 0.0513. The van der Waals surface area contributed by atoms with Crippen LogP contribution in [-0.2, 0) is 4.74 Å². The number of carbonyl (C=O) groups is 1. The number of alkyl halides is 2. The highest BCUT2D eigenvalue weighted by Crippen LogP contribution is 2.25. The molecule has 0 atom stereocenters. The number of benzene rings is 1. The van der Waals surface area contributed by atoms with E-state index in [4.69, 9.17) is 4.74 Å². The Morgan fingerprint density at radius 3 is 2.67 bits per heavy atom. The van der Waals surface area contributed by atoms with E-state index >= 15 is 0 Å². The zero-order valence-corrected chi connectivity index (χ0v) is 11.6. The number of rotatable bonds is 4. The van der Waals surface area contributed by atoms with Crippen LogP contribution in [-0.4, -0.2) is 22.5 Å². The van der Waals surface area contributed by atoms with Gasteiger partial charge in [0.25, 0.3) is 6.43 Å². The van der Waals surface area contributed by atoms with E-state index in [0.717, 1.165) is 11.8 Å². The van der Waals surface area contributed by atoms with Crippen molar-refractivity contribution in [1.29, 1.82) is 0 Å². The molecule has 4 nitrogen and oxygen atoms in total. The van der Waals surface area contributed by atoms with E-state index in [-0.39, 0.29) is 18.0 Å². The molecule has 0 N–H and O–H groups in total. The van der Waals surface area contributed by atoms with Crippen molar-refractivity contribution in [2.45, 2.75) is 20.3 Å². The molecule has 0 spiro atoms. The molecule has 1 aromatic carbocycles. The maximum atomic E-state index is 13.1. The fourth-order valence-electron chi connectivity index (χ4n) is 1.88. The Hall–Kier alpha value is -2.37. The first-order valence-electron chi connectivity index (χ1n) is 6.42. The van der Waals surface area contributed by atoms with Crippen LogP contribution in [0, 0.1) is 6.92 Å². The van der Waals surface area contributed by atoms with Gasteiger partial charge in [0.15, 0.2) is 5.82 Å². The molecule has 0 aliphatic rings. The second-order valence-electron chi connectivity index (χ2n) is 4.33. The van der Waals surface area contributed by atoms with Gasteiger partial charge in [0, 0.05) is 11.8 Å². The molecule has 0 fully saturated rings. The summed E-state index contributed by atoms with van der Waals surface area (Å²) < 4.78 is 31.0. The molecule has 0 saturated carbocycles. The highest BCUT2D eigenvalue weighted by atomic mass is 19.3. The summed E-state index contributed by atoms with van der Waals surface area (Å²) >= 11 is 0. The number of ether oxygens (including phenoxy) is 1. The lowest BCUT2D eigenvalue weighted by Crippen LogP contribution is -2.12. The van der Waals surface area contributed by atoms with Crippen molar-refractivity contribution >= 4 is 5.97 Å². The van der Waals surface area contributed by atoms with Crippen molar-refractivity contribution in [2.24, 2.45) is 0 Å². The fraction of sp³-hybridized carbons (Fsp3) is 0.267. The molecule has 1 heterocycles. The Kier molecular flexibility index (Phi) is 4.57. The maximum Gasteiger partial charge on any atom is 0.341 e. The van der Waals surface area contributed by atoms with Gasteiger partial charge < -0.3 is 4.74 Å². The SMILES string of the molecule is CCOC(=O)c1cnc(-c2ccccc2C)nc1C(F)F. The second kappa shape index (κ2) is 6.39. The molecule has 0 aliphatic carbocycles. The van der Waals surface area contributed by atoms with E-state index in [1.807, 2.05) is 19.1 Å². The van der Waals surface area contributed by atoms with Crippen molar-refractivity contribution in [3.63, 3.8) is 0 Å². The molecule has 110 valence electrons. The monoisotopic (exact) mass is 292 g/mol. The summed E-state index contributed by atoms with van der Waals surface area (Å²) in [5, 5.41) is 0. The van der Waals surface area contributed by atoms with Gasteiger partial charge in [-0.2, -0.15) is 0 Å². The van der Waals surface area contributed by atoms with Crippen molar-refractivity contribution < 1.29 is 18.3 Å². The molecule has 0 unspecified atom stereocenters. The molecule has 21 heavy (non-hydrogen) atoms. The van der Waals surface area contributed by atoms with Crippen LogP contribution in [0.25, 0.3) is 11.4 Å². The van der Waals surface area contributed by atoms with Gasteiger partial charge in [0.2, 0.25) is 0 Å². The first-order valence-corrected chi connectivity index (χ1v) is 6.42. The summed E-state index contributed by atoms with van der Waals surface area (Å²) in [6.45, 7) is 3.53. The highest BCUT2D eigenvalue weighted by Gasteiger charge is 2.23. The molecule has 2 aromatic rings. The van der Waals surface area contributed by atoms with E-state index in [1.54, 1.807) is 19.1 Å². The molecule has 0 aliphatic heterocycles. The van der Waals surface area contributed by atoms with E-state index in [0.29, 0.717) is 5.56 Å². The molecule has 0 amide bonds. The van der Waals surface area contributed by atoms with Crippen LogP contribution in [0.4, 0.5) is 8.78 Å². The van der Waals surface area contributed by atoms with Crippen LogP contribution in [0.15, 0.2) is 30.5 Å². The first-order chi connectivity index (χ1) is 10.0. The highest BCUT2D eigenvalue weighted by molar-refractivity contribution is 5.90. The summed E-state index contributed by atoms with van der Waals surface area (Å²) in [5.41, 5.74) is 0.599. The minimum Gasteiger partial charge on any atom is -0.462 e. The van der Waals surface area contributed by atoms with Gasteiger partial charge in [-0.15, -0.1) is 0 Å². The van der Waals surface area contributed by atoms with Crippen LogP contribution >= 0.6 is 0 Å². The molecule has 6 heteroatoms. The normalized spacial score (nSPS) is 10.7. The number of aryl methyl sites for hydroxylation is 1. The average Bonchev–Trinajstić information content (AvgIpc) is 2.47. The van der Waals surface area contributed by atoms with Gasteiger partial charge in [0.05, 0.1) is 6.61 Å². The van der Waals surface area contributed by atoms with E-state index in [9.17, 15) is 13.6 Å². The standard InChI is InChI=1S/C15H14F2N2O2/c1-3-21-15(20)11-8-18-14(19-12(11)13(16)17)10-7-5-4-6-9(10)2/h4-8,13H,3H2,1-2H3. The zero-order valence-electron chi connectivity index (χ0n) is 11.6. The van der Waals surface area contributed by atoms with E-state index in [2.05, 4.69) is 9.97 Å². The van der Waals surface area contributed by atoms with Crippen molar-refractivity contribution in [3.8, 4) is 11.4 Å². The smallest absolute Gasteiger partial charge is 0.341 e.